The van der Waals surface area contributed by atoms with E-state index in [1.54, 1.807) is 6.92 Å². The second-order valence-corrected chi connectivity index (χ2v) is 11.7. The van der Waals surface area contributed by atoms with Crippen LogP contribution in [0.25, 0.3) is 0 Å². The quantitative estimate of drug-likeness (QED) is 0.281. The van der Waals surface area contributed by atoms with Crippen LogP contribution in [0, 0.1) is 0 Å². The minimum Gasteiger partial charge on any atom is -0.454 e. The van der Waals surface area contributed by atoms with Gasteiger partial charge >= 0.3 is 5.97 Å². The normalized spacial score (nSPS) is 31.8. The van der Waals surface area contributed by atoms with Gasteiger partial charge in [-0.3, -0.25) is 4.79 Å². The summed E-state index contributed by atoms with van der Waals surface area (Å²) in [4.78, 5) is 12.2. The van der Waals surface area contributed by atoms with Crippen LogP contribution in [-0.2, 0) is 57.8 Å². The summed E-state index contributed by atoms with van der Waals surface area (Å²) in [5.41, 5.74) is 2.97. The number of esters is 1. The SMILES string of the molecule is CC(=O)O[C@H]1C(O)[C@@H](OCc2ccccc2)C(C)O[C@H]1OC1[C@H](C)OC(C)[C@H](OCc2ccccc2)[C@@H]1OCc1ccccc1. The molecule has 4 unspecified atom stereocenters. The van der Waals surface area contributed by atoms with Gasteiger partial charge in [0.1, 0.15) is 30.5 Å². The lowest BCUT2D eigenvalue weighted by Gasteiger charge is -2.48. The summed E-state index contributed by atoms with van der Waals surface area (Å²) in [7, 11) is 0. The second-order valence-electron chi connectivity index (χ2n) is 11.7. The van der Waals surface area contributed by atoms with Crippen molar-refractivity contribution in [3.63, 3.8) is 0 Å². The monoisotopic (exact) mass is 620 g/mol. The summed E-state index contributed by atoms with van der Waals surface area (Å²) in [5.74, 6) is -0.574. The lowest BCUT2D eigenvalue weighted by molar-refractivity contribution is -0.344. The van der Waals surface area contributed by atoms with E-state index in [0.717, 1.165) is 16.7 Å². The van der Waals surface area contributed by atoms with Crippen LogP contribution in [0.15, 0.2) is 91.0 Å². The number of hydrogen-bond acceptors (Lipinski definition) is 9. The van der Waals surface area contributed by atoms with Crippen LogP contribution < -0.4 is 0 Å². The molecule has 9 heteroatoms. The van der Waals surface area contributed by atoms with Gasteiger partial charge in [0.15, 0.2) is 12.4 Å². The number of carbonyl (C=O) groups excluding carboxylic acids is 1. The molecule has 0 radical (unpaired) electrons. The molecule has 2 fully saturated rings. The molecular formula is C36H44O9. The molecular weight excluding hydrogens is 576 g/mol. The first-order valence-electron chi connectivity index (χ1n) is 15.6. The third-order valence-electron chi connectivity index (χ3n) is 8.20. The molecule has 2 saturated heterocycles. The van der Waals surface area contributed by atoms with Gasteiger partial charge < -0.3 is 38.3 Å². The number of carbonyl (C=O) groups is 1. The third kappa shape index (κ3) is 8.77. The first-order chi connectivity index (χ1) is 21.8. The number of rotatable bonds is 12. The van der Waals surface area contributed by atoms with E-state index >= 15 is 0 Å². The molecule has 45 heavy (non-hydrogen) atoms. The zero-order chi connectivity index (χ0) is 31.8. The largest absolute Gasteiger partial charge is 0.454 e. The highest BCUT2D eigenvalue weighted by atomic mass is 16.7. The minimum atomic E-state index is -1.21. The molecule has 5 rings (SSSR count). The summed E-state index contributed by atoms with van der Waals surface area (Å²) in [6.07, 6.45) is -7.30. The summed E-state index contributed by atoms with van der Waals surface area (Å²) >= 11 is 0. The van der Waals surface area contributed by atoms with E-state index in [0.29, 0.717) is 13.2 Å². The molecule has 0 bridgehead atoms. The second kappa shape index (κ2) is 15.9. The van der Waals surface area contributed by atoms with Crippen LogP contribution in [-0.4, -0.2) is 72.3 Å². The highest BCUT2D eigenvalue weighted by molar-refractivity contribution is 5.66. The summed E-state index contributed by atoms with van der Waals surface area (Å²) in [6, 6.07) is 29.4. The molecule has 2 aliphatic rings. The van der Waals surface area contributed by atoms with Gasteiger partial charge in [0.25, 0.3) is 0 Å². The molecule has 1 N–H and O–H groups in total. The molecule has 2 aliphatic heterocycles. The fourth-order valence-electron chi connectivity index (χ4n) is 5.93. The molecule has 0 saturated carbocycles. The van der Waals surface area contributed by atoms with Crippen molar-refractivity contribution in [2.45, 2.75) is 109 Å². The van der Waals surface area contributed by atoms with E-state index in [4.69, 9.17) is 33.2 Å². The minimum absolute atomic E-state index is 0.260. The van der Waals surface area contributed by atoms with Crippen LogP contribution in [0.1, 0.15) is 44.4 Å². The Labute approximate surface area is 265 Å². The van der Waals surface area contributed by atoms with Crippen LogP contribution in [0.4, 0.5) is 0 Å². The lowest BCUT2D eigenvalue weighted by Crippen LogP contribution is -2.64. The van der Waals surface area contributed by atoms with Gasteiger partial charge in [-0.05, 0) is 37.5 Å². The highest BCUT2D eigenvalue weighted by Crippen LogP contribution is 2.34. The third-order valence-corrected chi connectivity index (χ3v) is 8.20. The lowest BCUT2D eigenvalue weighted by atomic mass is 9.94. The first kappa shape index (κ1) is 33.2. The Balaban J connectivity index is 1.36. The fraction of sp³-hybridized carbons (Fsp3) is 0.472. The van der Waals surface area contributed by atoms with Gasteiger partial charge in [0.05, 0.1) is 38.1 Å². The predicted molar refractivity (Wildman–Crippen MR) is 166 cm³/mol. The molecule has 0 aliphatic carbocycles. The molecule has 3 aromatic rings. The smallest absolute Gasteiger partial charge is 0.303 e. The Morgan fingerprint density at radius 3 is 1.51 bits per heavy atom. The molecule has 0 amide bonds. The Bertz CT molecular complexity index is 1310. The van der Waals surface area contributed by atoms with Crippen molar-refractivity contribution in [3.05, 3.63) is 108 Å². The zero-order valence-corrected chi connectivity index (χ0v) is 26.3. The van der Waals surface area contributed by atoms with Gasteiger partial charge in [-0.2, -0.15) is 0 Å². The summed E-state index contributed by atoms with van der Waals surface area (Å²) in [5, 5.41) is 11.5. The van der Waals surface area contributed by atoms with Crippen LogP contribution >= 0.6 is 0 Å². The van der Waals surface area contributed by atoms with E-state index in [1.807, 2.05) is 105 Å². The average Bonchev–Trinajstić information content (AvgIpc) is 3.04. The zero-order valence-electron chi connectivity index (χ0n) is 26.3. The van der Waals surface area contributed by atoms with E-state index in [9.17, 15) is 9.90 Å². The standard InChI is InChI=1S/C36H44O9/c1-23-31(39-20-27-14-8-5-9-15-27)30(38)34(44-26(4)37)36(43-23)45-33-25(3)42-24(2)32(40-21-28-16-10-6-11-17-28)35(33)41-22-29-18-12-7-13-19-29/h5-19,23-25,30-36,38H,20-22H2,1-4H3/t23?,24?,25-,30?,31-,32-,33?,34-,35-,36-/m0/s1. The van der Waals surface area contributed by atoms with Gasteiger partial charge in [0.2, 0.25) is 0 Å². The highest BCUT2D eigenvalue weighted by Gasteiger charge is 2.51. The number of hydrogen-bond donors (Lipinski definition) is 1. The van der Waals surface area contributed by atoms with E-state index < -0.39 is 61.1 Å². The first-order valence-corrected chi connectivity index (χ1v) is 15.6. The topological polar surface area (TPSA) is 102 Å². The Morgan fingerprint density at radius 1 is 0.600 bits per heavy atom. The maximum atomic E-state index is 12.2. The van der Waals surface area contributed by atoms with Crippen molar-refractivity contribution < 1.29 is 43.1 Å². The van der Waals surface area contributed by atoms with Gasteiger partial charge in [-0.1, -0.05) is 91.0 Å². The maximum absolute atomic E-state index is 12.2. The molecule has 2 heterocycles. The van der Waals surface area contributed by atoms with Crippen molar-refractivity contribution in [2.24, 2.45) is 0 Å². The van der Waals surface area contributed by atoms with Gasteiger partial charge in [0, 0.05) is 6.92 Å². The summed E-state index contributed by atoms with van der Waals surface area (Å²) < 4.78 is 43.9. The van der Waals surface area contributed by atoms with Gasteiger partial charge in [-0.15, -0.1) is 0 Å². The number of ether oxygens (including phenoxy) is 7. The number of aliphatic hydroxyl groups is 1. The average molecular weight is 621 g/mol. The van der Waals surface area contributed by atoms with Crippen molar-refractivity contribution in [1.29, 1.82) is 0 Å². The molecule has 9 nitrogen and oxygen atoms in total. The van der Waals surface area contributed by atoms with Crippen molar-refractivity contribution >= 4 is 5.97 Å². The van der Waals surface area contributed by atoms with E-state index in [2.05, 4.69) is 0 Å². The molecule has 242 valence electrons. The molecule has 0 aromatic heterocycles. The molecule has 10 atom stereocenters. The van der Waals surface area contributed by atoms with Crippen LogP contribution in [0.5, 0.6) is 0 Å². The summed E-state index contributed by atoms with van der Waals surface area (Å²) in [6.45, 7) is 7.90. The van der Waals surface area contributed by atoms with E-state index in [-0.39, 0.29) is 12.7 Å². The Hall–Kier alpha value is -3.15. The Morgan fingerprint density at radius 2 is 1.02 bits per heavy atom. The van der Waals surface area contributed by atoms with E-state index in [1.165, 1.54) is 6.92 Å². The van der Waals surface area contributed by atoms with Crippen molar-refractivity contribution in [1.82, 2.24) is 0 Å². The number of aliphatic hydroxyl groups excluding tert-OH is 1. The van der Waals surface area contributed by atoms with Crippen LogP contribution in [0.3, 0.4) is 0 Å². The molecule has 3 aromatic carbocycles. The van der Waals surface area contributed by atoms with Crippen molar-refractivity contribution in [2.75, 3.05) is 0 Å². The maximum Gasteiger partial charge on any atom is 0.303 e. The van der Waals surface area contributed by atoms with Crippen molar-refractivity contribution in [3.8, 4) is 0 Å². The predicted octanol–water partition coefficient (Wildman–Crippen LogP) is 4.97. The molecule has 0 spiro atoms. The van der Waals surface area contributed by atoms with Crippen LogP contribution in [0.2, 0.25) is 0 Å². The Kier molecular flexibility index (Phi) is 11.7. The number of benzene rings is 3. The van der Waals surface area contributed by atoms with Gasteiger partial charge in [-0.25, -0.2) is 0 Å². The fourth-order valence-corrected chi connectivity index (χ4v) is 5.93.